The van der Waals surface area contributed by atoms with Crippen LogP contribution >= 0.6 is 0 Å². The summed E-state index contributed by atoms with van der Waals surface area (Å²) in [6, 6.07) is 0. The Morgan fingerprint density at radius 2 is 2.31 bits per heavy atom. The van der Waals surface area contributed by atoms with Gasteiger partial charge < -0.3 is 0 Å². The summed E-state index contributed by atoms with van der Waals surface area (Å²) in [7, 11) is 0. The number of hydrogen-bond acceptors (Lipinski definition) is 3. The summed E-state index contributed by atoms with van der Waals surface area (Å²) in [6.45, 7) is 2.72. The molecule has 13 heavy (non-hydrogen) atoms. The molecule has 0 saturated carbocycles. The molecule has 1 aliphatic rings. The van der Waals surface area contributed by atoms with E-state index >= 15 is 0 Å². The predicted molar refractivity (Wildman–Crippen MR) is 43.6 cm³/mol. The van der Waals surface area contributed by atoms with Gasteiger partial charge in [0.2, 0.25) is 0 Å². The SMILES string of the molecule is CCNC1N=C(C(F)(F)F)CCN1. The molecule has 1 aliphatic heterocycles. The van der Waals surface area contributed by atoms with Crippen LogP contribution in [0.25, 0.3) is 0 Å². The van der Waals surface area contributed by atoms with Crippen LogP contribution in [0.5, 0.6) is 0 Å². The lowest BCUT2D eigenvalue weighted by molar-refractivity contribution is -0.0616. The fraction of sp³-hybridized carbons (Fsp3) is 0.857. The Labute approximate surface area is 74.4 Å². The Hall–Kier alpha value is -0.620. The number of nitrogens with one attached hydrogen (secondary N) is 2. The summed E-state index contributed by atoms with van der Waals surface area (Å²) in [5.41, 5.74) is -0.683. The van der Waals surface area contributed by atoms with Crippen molar-refractivity contribution in [2.24, 2.45) is 4.99 Å². The van der Waals surface area contributed by atoms with Crippen LogP contribution in [0.2, 0.25) is 0 Å². The Morgan fingerprint density at radius 1 is 1.62 bits per heavy atom. The average molecular weight is 195 g/mol. The van der Waals surface area contributed by atoms with E-state index in [2.05, 4.69) is 15.6 Å². The van der Waals surface area contributed by atoms with Crippen LogP contribution in [0.3, 0.4) is 0 Å². The monoisotopic (exact) mass is 195 g/mol. The lowest BCUT2D eigenvalue weighted by atomic mass is 10.2. The molecule has 1 unspecified atom stereocenters. The van der Waals surface area contributed by atoms with Crippen LogP contribution < -0.4 is 10.6 Å². The van der Waals surface area contributed by atoms with Crippen molar-refractivity contribution in [2.45, 2.75) is 25.8 Å². The molecule has 0 fully saturated rings. The molecule has 2 N–H and O–H groups in total. The molecule has 3 nitrogen and oxygen atoms in total. The van der Waals surface area contributed by atoms with Crippen molar-refractivity contribution in [1.29, 1.82) is 0 Å². The molecule has 0 aromatic carbocycles. The first-order chi connectivity index (χ1) is 6.04. The predicted octanol–water partition coefficient (Wildman–Crippen LogP) is 0.876. The van der Waals surface area contributed by atoms with Crippen molar-refractivity contribution >= 4 is 5.71 Å². The summed E-state index contributed by atoms with van der Waals surface area (Å²) in [4.78, 5) is 3.51. The minimum absolute atomic E-state index is 0.0502. The third-order valence-corrected chi connectivity index (χ3v) is 1.71. The fourth-order valence-electron chi connectivity index (χ4n) is 1.12. The van der Waals surface area contributed by atoms with Crippen LogP contribution in [-0.2, 0) is 0 Å². The van der Waals surface area contributed by atoms with E-state index in [0.29, 0.717) is 13.1 Å². The molecule has 0 amide bonds. The second-order valence-electron chi connectivity index (χ2n) is 2.74. The van der Waals surface area contributed by atoms with Gasteiger partial charge in [0.15, 0.2) is 6.29 Å². The van der Waals surface area contributed by atoms with Gasteiger partial charge in [-0.3, -0.25) is 15.6 Å². The third-order valence-electron chi connectivity index (χ3n) is 1.71. The van der Waals surface area contributed by atoms with Gasteiger partial charge in [0.05, 0.1) is 0 Å². The van der Waals surface area contributed by atoms with Crippen LogP contribution in [0.4, 0.5) is 13.2 Å². The quantitative estimate of drug-likeness (QED) is 0.686. The van der Waals surface area contributed by atoms with Gasteiger partial charge in [-0.2, -0.15) is 13.2 Å². The van der Waals surface area contributed by atoms with Gasteiger partial charge in [-0.15, -0.1) is 0 Å². The summed E-state index contributed by atoms with van der Waals surface area (Å²) in [6.07, 6.45) is -4.92. The van der Waals surface area contributed by atoms with Crippen LogP contribution in [0, 0.1) is 0 Å². The number of aliphatic imine (C=N–C) groups is 1. The highest BCUT2D eigenvalue weighted by atomic mass is 19.4. The molecular weight excluding hydrogens is 183 g/mol. The highest BCUT2D eigenvalue weighted by Crippen LogP contribution is 2.20. The smallest absolute Gasteiger partial charge is 0.284 e. The van der Waals surface area contributed by atoms with Crippen LogP contribution in [0.15, 0.2) is 4.99 Å². The zero-order chi connectivity index (χ0) is 9.90. The van der Waals surface area contributed by atoms with Gasteiger partial charge >= 0.3 is 6.18 Å². The van der Waals surface area contributed by atoms with Crippen molar-refractivity contribution in [3.05, 3.63) is 0 Å². The molecular formula is C7H12F3N3. The molecule has 1 atom stereocenters. The molecule has 76 valence electrons. The Morgan fingerprint density at radius 3 is 2.85 bits per heavy atom. The first kappa shape index (κ1) is 10.5. The number of nitrogens with zero attached hydrogens (tertiary/aromatic N) is 1. The molecule has 1 rings (SSSR count). The summed E-state index contributed by atoms with van der Waals surface area (Å²) >= 11 is 0. The van der Waals surface area contributed by atoms with Crippen molar-refractivity contribution in [3.8, 4) is 0 Å². The number of hydrogen-bond donors (Lipinski definition) is 2. The molecule has 0 saturated heterocycles. The van der Waals surface area contributed by atoms with Gasteiger partial charge in [0.1, 0.15) is 5.71 Å². The number of halogens is 3. The highest BCUT2D eigenvalue weighted by molar-refractivity contribution is 5.90. The molecule has 0 aromatic heterocycles. The number of rotatable bonds is 2. The molecule has 0 radical (unpaired) electrons. The Kier molecular flexibility index (Phi) is 3.27. The Bertz CT molecular complexity index is 200. The van der Waals surface area contributed by atoms with Gasteiger partial charge in [0, 0.05) is 13.0 Å². The summed E-state index contributed by atoms with van der Waals surface area (Å²) in [5, 5.41) is 5.61. The molecule has 6 heteroatoms. The topological polar surface area (TPSA) is 36.4 Å². The second kappa shape index (κ2) is 4.06. The van der Waals surface area contributed by atoms with E-state index in [1.807, 2.05) is 6.92 Å². The van der Waals surface area contributed by atoms with E-state index in [1.165, 1.54) is 0 Å². The first-order valence-corrected chi connectivity index (χ1v) is 4.14. The van der Waals surface area contributed by atoms with Crippen molar-refractivity contribution in [1.82, 2.24) is 10.6 Å². The van der Waals surface area contributed by atoms with Gasteiger partial charge in [-0.25, -0.2) is 0 Å². The lowest BCUT2D eigenvalue weighted by Gasteiger charge is -2.23. The molecule has 0 aliphatic carbocycles. The first-order valence-electron chi connectivity index (χ1n) is 4.14. The second-order valence-corrected chi connectivity index (χ2v) is 2.74. The zero-order valence-corrected chi connectivity index (χ0v) is 7.28. The maximum atomic E-state index is 12.2. The van der Waals surface area contributed by atoms with Gasteiger partial charge in [-0.1, -0.05) is 6.92 Å². The summed E-state index contributed by atoms with van der Waals surface area (Å²) < 4.78 is 36.5. The van der Waals surface area contributed by atoms with E-state index in [4.69, 9.17) is 0 Å². The normalized spacial score (nSPS) is 24.3. The van der Waals surface area contributed by atoms with E-state index in [-0.39, 0.29) is 6.42 Å². The molecule has 0 spiro atoms. The van der Waals surface area contributed by atoms with Gasteiger partial charge in [-0.05, 0) is 6.54 Å². The van der Waals surface area contributed by atoms with Crippen molar-refractivity contribution < 1.29 is 13.2 Å². The van der Waals surface area contributed by atoms with E-state index in [1.54, 1.807) is 0 Å². The van der Waals surface area contributed by atoms with Crippen LogP contribution in [0.1, 0.15) is 13.3 Å². The standard InChI is InChI=1S/C7H12F3N3/c1-2-11-6-12-4-3-5(13-6)7(8,9)10/h6,11-12H,2-4H2,1H3. The maximum Gasteiger partial charge on any atom is 0.429 e. The fourth-order valence-corrected chi connectivity index (χ4v) is 1.12. The summed E-state index contributed by atoms with van der Waals surface area (Å²) in [5.74, 6) is 0. The third kappa shape index (κ3) is 2.96. The zero-order valence-electron chi connectivity index (χ0n) is 7.28. The molecule has 0 aromatic rings. The lowest BCUT2D eigenvalue weighted by Crippen LogP contribution is -2.47. The minimum Gasteiger partial charge on any atom is -0.284 e. The van der Waals surface area contributed by atoms with Crippen LogP contribution in [-0.4, -0.2) is 31.3 Å². The highest BCUT2D eigenvalue weighted by Gasteiger charge is 2.37. The van der Waals surface area contributed by atoms with Gasteiger partial charge in [0.25, 0.3) is 0 Å². The Balaban J connectivity index is 2.64. The average Bonchev–Trinajstić information content (AvgIpc) is 2.04. The van der Waals surface area contributed by atoms with E-state index < -0.39 is 18.2 Å². The molecule has 0 bridgehead atoms. The van der Waals surface area contributed by atoms with E-state index in [0.717, 1.165) is 0 Å². The van der Waals surface area contributed by atoms with Crippen molar-refractivity contribution in [2.75, 3.05) is 13.1 Å². The maximum absolute atomic E-state index is 12.2. The number of alkyl halides is 3. The minimum atomic E-state index is -4.28. The van der Waals surface area contributed by atoms with Crippen molar-refractivity contribution in [3.63, 3.8) is 0 Å². The van der Waals surface area contributed by atoms with E-state index in [9.17, 15) is 13.2 Å². The molecule has 1 heterocycles. The largest absolute Gasteiger partial charge is 0.429 e.